The Labute approximate surface area is 173 Å². The van der Waals surface area contributed by atoms with E-state index in [1.54, 1.807) is 0 Å². The number of nitro benzene ring substituents is 2. The van der Waals surface area contributed by atoms with Crippen molar-refractivity contribution < 1.29 is 24.1 Å². The molecule has 0 aromatic heterocycles. The molecule has 0 N–H and O–H groups in total. The summed E-state index contributed by atoms with van der Waals surface area (Å²) in [5.74, 6) is 0.185. The Hall–Kier alpha value is -3.49. The second kappa shape index (κ2) is 9.82. The first kappa shape index (κ1) is 22.8. The van der Waals surface area contributed by atoms with E-state index in [1.807, 2.05) is 27.7 Å². The zero-order valence-electron chi connectivity index (χ0n) is 17.3. The summed E-state index contributed by atoms with van der Waals surface area (Å²) in [6.45, 7) is 7.57. The average Bonchev–Trinajstić information content (AvgIpc) is 2.72. The van der Waals surface area contributed by atoms with Crippen LogP contribution < -0.4 is 9.47 Å². The van der Waals surface area contributed by atoms with Crippen LogP contribution in [0.1, 0.15) is 63.5 Å². The van der Waals surface area contributed by atoms with E-state index in [4.69, 9.17) is 9.47 Å². The molecule has 0 aliphatic rings. The molecular weight excluding hydrogens is 392 g/mol. The van der Waals surface area contributed by atoms with Crippen molar-refractivity contribution in [3.8, 4) is 11.5 Å². The molecule has 0 aliphatic heterocycles. The van der Waals surface area contributed by atoms with Crippen LogP contribution in [0.2, 0.25) is 0 Å². The average molecular weight is 416 g/mol. The summed E-state index contributed by atoms with van der Waals surface area (Å²) in [7, 11) is 0. The first-order valence-electron chi connectivity index (χ1n) is 9.64. The van der Waals surface area contributed by atoms with Crippen molar-refractivity contribution in [1.82, 2.24) is 0 Å². The van der Waals surface area contributed by atoms with Gasteiger partial charge in [-0.15, -0.1) is 0 Å². The highest BCUT2D eigenvalue weighted by molar-refractivity contribution is 5.69. The van der Waals surface area contributed by atoms with Crippen molar-refractivity contribution in [2.75, 3.05) is 0 Å². The Balaban J connectivity index is 2.31. The van der Waals surface area contributed by atoms with E-state index in [0.717, 1.165) is 0 Å². The van der Waals surface area contributed by atoms with Crippen molar-refractivity contribution in [3.05, 3.63) is 67.8 Å². The molecule has 0 aliphatic carbocycles. The third kappa shape index (κ3) is 5.31. The number of benzene rings is 2. The number of nitro groups is 2. The summed E-state index contributed by atoms with van der Waals surface area (Å²) in [5.41, 5.74) is 0.852. The molecule has 2 aromatic carbocycles. The number of ether oxygens (including phenoxy) is 2. The third-order valence-electron chi connectivity index (χ3n) is 5.08. The van der Waals surface area contributed by atoms with Crippen LogP contribution in [0.4, 0.5) is 16.2 Å². The van der Waals surface area contributed by atoms with Crippen LogP contribution in [0, 0.1) is 20.2 Å². The first-order chi connectivity index (χ1) is 14.2. The van der Waals surface area contributed by atoms with E-state index in [1.165, 1.54) is 36.4 Å². The SMILES string of the molecule is CC[C@H](C)c1cc([N+](=O)[O-])ccc1OC(=O)Oc1ccc([N+](=O)[O-])cc1[C@@H](C)CC. The second-order valence-electron chi connectivity index (χ2n) is 7.03. The molecule has 0 heterocycles. The lowest BCUT2D eigenvalue weighted by atomic mass is 9.97. The van der Waals surface area contributed by atoms with Gasteiger partial charge in [0.05, 0.1) is 9.85 Å². The summed E-state index contributed by atoms with van der Waals surface area (Å²) in [4.78, 5) is 33.6. The topological polar surface area (TPSA) is 122 Å². The Bertz CT molecular complexity index is 883. The van der Waals surface area contributed by atoms with Crippen LogP contribution >= 0.6 is 0 Å². The molecule has 2 atom stereocenters. The number of hydrogen-bond acceptors (Lipinski definition) is 7. The lowest BCUT2D eigenvalue weighted by molar-refractivity contribution is -0.385. The van der Waals surface area contributed by atoms with Crippen molar-refractivity contribution in [1.29, 1.82) is 0 Å². The number of nitrogens with zero attached hydrogens (tertiary/aromatic N) is 2. The van der Waals surface area contributed by atoms with Gasteiger partial charge in [0.25, 0.3) is 11.4 Å². The summed E-state index contributed by atoms with van der Waals surface area (Å²) in [6, 6.07) is 8.01. The number of carbonyl (C=O) groups is 1. The van der Waals surface area contributed by atoms with Gasteiger partial charge in [-0.05, 0) is 36.8 Å². The predicted molar refractivity (Wildman–Crippen MR) is 110 cm³/mol. The number of rotatable bonds is 8. The molecule has 2 aromatic rings. The van der Waals surface area contributed by atoms with Crippen LogP contribution in [-0.2, 0) is 0 Å². The smallest absolute Gasteiger partial charge is 0.394 e. The zero-order chi connectivity index (χ0) is 22.4. The second-order valence-corrected chi connectivity index (χ2v) is 7.03. The van der Waals surface area contributed by atoms with E-state index in [-0.39, 0.29) is 34.7 Å². The number of non-ortho nitro benzene ring substituents is 2. The van der Waals surface area contributed by atoms with Crippen molar-refractivity contribution in [2.45, 2.75) is 52.4 Å². The van der Waals surface area contributed by atoms with Gasteiger partial charge in [0, 0.05) is 35.4 Å². The molecule has 0 fully saturated rings. The quantitative estimate of drug-likeness (QED) is 0.220. The van der Waals surface area contributed by atoms with Crippen LogP contribution in [0.3, 0.4) is 0 Å². The van der Waals surface area contributed by atoms with Crippen molar-refractivity contribution in [3.63, 3.8) is 0 Å². The van der Waals surface area contributed by atoms with Gasteiger partial charge in [-0.2, -0.15) is 0 Å². The fourth-order valence-electron chi connectivity index (χ4n) is 2.90. The molecule has 30 heavy (non-hydrogen) atoms. The lowest BCUT2D eigenvalue weighted by Crippen LogP contribution is -2.16. The molecule has 0 amide bonds. The Morgan fingerprint density at radius 1 is 0.833 bits per heavy atom. The summed E-state index contributed by atoms with van der Waals surface area (Å²) in [5, 5.41) is 22.1. The van der Waals surface area contributed by atoms with Crippen LogP contribution in [-0.4, -0.2) is 16.0 Å². The van der Waals surface area contributed by atoms with Crippen molar-refractivity contribution >= 4 is 17.5 Å². The largest absolute Gasteiger partial charge is 0.519 e. The van der Waals surface area contributed by atoms with Crippen molar-refractivity contribution in [2.24, 2.45) is 0 Å². The highest BCUT2D eigenvalue weighted by atomic mass is 16.7. The number of hydrogen-bond donors (Lipinski definition) is 0. The number of carbonyl (C=O) groups excluding carboxylic acids is 1. The Kier molecular flexibility index (Phi) is 7.46. The third-order valence-corrected chi connectivity index (χ3v) is 5.08. The molecule has 2 rings (SSSR count). The van der Waals surface area contributed by atoms with E-state index in [2.05, 4.69) is 0 Å². The van der Waals surface area contributed by atoms with E-state index < -0.39 is 16.0 Å². The molecule has 0 saturated carbocycles. The molecule has 0 unspecified atom stereocenters. The van der Waals surface area contributed by atoms with Gasteiger partial charge in [0.2, 0.25) is 0 Å². The summed E-state index contributed by atoms with van der Waals surface area (Å²) >= 11 is 0. The van der Waals surface area contributed by atoms with Crippen LogP contribution in [0.15, 0.2) is 36.4 Å². The standard InChI is InChI=1S/C21H24N2O7/c1-5-13(3)17-11-15(22(25)26)7-9-19(17)29-21(24)30-20-10-8-16(23(27)28)12-18(20)14(4)6-2/h7-14H,5-6H2,1-4H3/t13-,14-/m0/s1. The predicted octanol–water partition coefficient (Wildman–Crippen LogP) is 6.11. The van der Waals surface area contributed by atoms with Gasteiger partial charge < -0.3 is 9.47 Å². The fraction of sp³-hybridized carbons (Fsp3) is 0.381. The monoisotopic (exact) mass is 416 g/mol. The maximum Gasteiger partial charge on any atom is 0.519 e. The maximum atomic E-state index is 12.4. The highest BCUT2D eigenvalue weighted by Gasteiger charge is 2.22. The van der Waals surface area contributed by atoms with Gasteiger partial charge in [0.15, 0.2) is 0 Å². The van der Waals surface area contributed by atoms with E-state index in [9.17, 15) is 25.0 Å². The minimum absolute atomic E-state index is 0.0808. The lowest BCUT2D eigenvalue weighted by Gasteiger charge is -2.16. The van der Waals surface area contributed by atoms with E-state index in [0.29, 0.717) is 24.0 Å². The molecule has 160 valence electrons. The normalized spacial score (nSPS) is 12.7. The first-order valence-corrected chi connectivity index (χ1v) is 9.64. The van der Waals surface area contributed by atoms with Gasteiger partial charge in [-0.25, -0.2) is 4.79 Å². The molecular formula is C21H24N2O7. The zero-order valence-corrected chi connectivity index (χ0v) is 17.3. The molecule has 9 heteroatoms. The Morgan fingerprint density at radius 3 is 1.50 bits per heavy atom. The minimum Gasteiger partial charge on any atom is -0.394 e. The van der Waals surface area contributed by atoms with Gasteiger partial charge in [-0.3, -0.25) is 20.2 Å². The minimum atomic E-state index is -1.02. The Morgan fingerprint density at radius 2 is 1.20 bits per heavy atom. The molecule has 0 spiro atoms. The van der Waals surface area contributed by atoms with Gasteiger partial charge in [0.1, 0.15) is 11.5 Å². The molecule has 0 saturated heterocycles. The highest BCUT2D eigenvalue weighted by Crippen LogP contribution is 2.34. The van der Waals surface area contributed by atoms with E-state index >= 15 is 0 Å². The molecule has 9 nitrogen and oxygen atoms in total. The molecule has 0 bridgehead atoms. The van der Waals surface area contributed by atoms with Gasteiger partial charge in [-0.1, -0.05) is 27.7 Å². The van der Waals surface area contributed by atoms with Crippen LogP contribution in [0.5, 0.6) is 11.5 Å². The summed E-state index contributed by atoms with van der Waals surface area (Å²) in [6.07, 6.45) is 0.354. The van der Waals surface area contributed by atoms with Crippen LogP contribution in [0.25, 0.3) is 0 Å². The fourth-order valence-corrected chi connectivity index (χ4v) is 2.90. The maximum absolute atomic E-state index is 12.4. The summed E-state index contributed by atoms with van der Waals surface area (Å²) < 4.78 is 10.7. The molecule has 0 radical (unpaired) electrons. The van der Waals surface area contributed by atoms with Gasteiger partial charge >= 0.3 is 6.16 Å².